The van der Waals surface area contributed by atoms with Gasteiger partial charge in [0.25, 0.3) is 0 Å². The maximum atomic E-state index is 10.8. The summed E-state index contributed by atoms with van der Waals surface area (Å²) in [6, 6.07) is 0. The summed E-state index contributed by atoms with van der Waals surface area (Å²) < 4.78 is 0.452. The van der Waals surface area contributed by atoms with Gasteiger partial charge in [0.15, 0.2) is 0 Å². The predicted molar refractivity (Wildman–Crippen MR) is 137 cm³/mol. The maximum Gasteiger partial charge on any atom is 0.323 e. The van der Waals surface area contributed by atoms with E-state index in [-0.39, 0.29) is 8.64 Å². The molecule has 0 atom stereocenters. The molecule has 182 valence electrons. The first-order valence-electron chi connectivity index (χ1n) is 9.06. The molecule has 0 unspecified atom stereocenters. The first kappa shape index (κ1) is 31.1. The second kappa shape index (κ2) is 18.5. The third-order valence-corrected chi connectivity index (χ3v) is 9.54. The summed E-state index contributed by atoms with van der Waals surface area (Å²) in [7, 11) is 5.28. The molecule has 0 aromatic heterocycles. The van der Waals surface area contributed by atoms with Gasteiger partial charge >= 0.3 is 23.9 Å². The summed E-state index contributed by atoms with van der Waals surface area (Å²) in [5.74, 6) is -3.02. The van der Waals surface area contributed by atoms with E-state index in [1.807, 2.05) is 0 Å². The number of carboxylic acid groups (broad SMARTS) is 4. The van der Waals surface area contributed by atoms with E-state index in [0.29, 0.717) is 0 Å². The molecule has 0 saturated heterocycles. The molecule has 0 aliphatic heterocycles. The Morgan fingerprint density at radius 1 is 0.562 bits per heavy atom. The van der Waals surface area contributed by atoms with Gasteiger partial charge in [0.05, 0.1) is 0 Å². The summed E-state index contributed by atoms with van der Waals surface area (Å²) in [6.07, 6.45) is 3.76. The van der Waals surface area contributed by atoms with E-state index in [1.165, 1.54) is 43.2 Å². The Morgan fingerprint density at radius 3 is 1.09 bits per heavy atom. The summed E-state index contributed by atoms with van der Waals surface area (Å²) in [5.41, 5.74) is 0. The van der Waals surface area contributed by atoms with Crippen molar-refractivity contribution < 1.29 is 39.6 Å². The molecule has 0 amide bonds. The molecule has 32 heavy (non-hydrogen) atoms. The van der Waals surface area contributed by atoms with Crippen molar-refractivity contribution in [1.29, 1.82) is 0 Å². The van der Waals surface area contributed by atoms with E-state index in [9.17, 15) is 19.2 Å². The first-order valence-corrected chi connectivity index (χ1v) is 14.5. The minimum absolute atomic E-state index is 0.226. The number of carbonyl (C=O) groups is 4. The number of hydrogen-bond acceptors (Lipinski definition) is 10. The zero-order chi connectivity index (χ0) is 24.5. The Morgan fingerprint density at radius 2 is 0.844 bits per heavy atom. The van der Waals surface area contributed by atoms with Crippen LogP contribution in [-0.4, -0.2) is 100 Å². The number of carboxylic acids is 4. The predicted octanol–water partition coefficient (Wildman–Crippen LogP) is 2.82. The molecule has 0 aliphatic rings. The molecule has 4 N–H and O–H groups in total. The maximum absolute atomic E-state index is 10.8. The molecular weight excluding hydrogens is 541 g/mol. The number of nitrogens with zero attached hydrogens (tertiary/aromatic N) is 2. The van der Waals surface area contributed by atoms with Crippen molar-refractivity contribution in [2.24, 2.45) is 0 Å². The van der Waals surface area contributed by atoms with Crippen LogP contribution in [0, 0.1) is 0 Å². The topological polar surface area (TPSA) is 156 Å². The van der Waals surface area contributed by atoms with Gasteiger partial charge in [-0.3, -0.25) is 19.2 Å². The lowest BCUT2D eigenvalue weighted by atomic mass is 10.2. The summed E-state index contributed by atoms with van der Waals surface area (Å²) in [5, 5.41) is 35.3. The molecule has 0 aliphatic carbocycles. The SMILES string of the molecule is O=C(O)CN(CC(=O)O)C(=S)SSCCCCCCSSC(=S)N(CC(=O)O)CC(=O)O. The van der Waals surface area contributed by atoms with Crippen LogP contribution in [0.3, 0.4) is 0 Å². The lowest BCUT2D eigenvalue weighted by molar-refractivity contribution is -0.141. The Bertz CT molecular complexity index is 593. The molecule has 16 heteroatoms. The molecule has 0 fully saturated rings. The van der Waals surface area contributed by atoms with Gasteiger partial charge in [-0.25, -0.2) is 0 Å². The normalized spacial score (nSPS) is 10.4. The van der Waals surface area contributed by atoms with Crippen molar-refractivity contribution in [2.75, 3.05) is 37.7 Å². The van der Waals surface area contributed by atoms with Crippen LogP contribution in [0.25, 0.3) is 0 Å². The summed E-state index contributed by atoms with van der Waals surface area (Å²) >= 11 is 10.2. The van der Waals surface area contributed by atoms with Crippen molar-refractivity contribution in [2.45, 2.75) is 25.7 Å². The van der Waals surface area contributed by atoms with Gasteiger partial charge in [0.1, 0.15) is 34.8 Å². The summed E-state index contributed by atoms with van der Waals surface area (Å²) in [4.78, 5) is 45.5. The van der Waals surface area contributed by atoms with E-state index < -0.39 is 50.1 Å². The van der Waals surface area contributed by atoms with E-state index in [4.69, 9.17) is 44.9 Å². The molecule has 0 spiro atoms. The average Bonchev–Trinajstić information content (AvgIpc) is 2.66. The van der Waals surface area contributed by atoms with Crippen LogP contribution >= 0.6 is 67.6 Å². The fraction of sp³-hybridized carbons (Fsp3) is 0.625. The van der Waals surface area contributed by atoms with Crippen LogP contribution in [0.2, 0.25) is 0 Å². The highest BCUT2D eigenvalue weighted by atomic mass is 33.1. The molecule has 0 heterocycles. The first-order chi connectivity index (χ1) is 15.0. The van der Waals surface area contributed by atoms with E-state index in [2.05, 4.69) is 0 Å². The second-order valence-electron chi connectivity index (χ2n) is 6.04. The zero-order valence-electron chi connectivity index (χ0n) is 16.8. The fourth-order valence-corrected chi connectivity index (χ4v) is 7.04. The monoisotopic (exact) mass is 564 g/mol. The van der Waals surface area contributed by atoms with Crippen LogP contribution < -0.4 is 0 Å². The second-order valence-corrected chi connectivity index (χ2v) is 12.1. The molecular formula is C16H24N2O8S6. The van der Waals surface area contributed by atoms with Crippen molar-refractivity contribution >= 4 is 100 Å². The lowest BCUT2D eigenvalue weighted by Gasteiger charge is -2.20. The van der Waals surface area contributed by atoms with Gasteiger partial charge in [-0.2, -0.15) is 0 Å². The van der Waals surface area contributed by atoms with Gasteiger partial charge < -0.3 is 30.2 Å². The van der Waals surface area contributed by atoms with Gasteiger partial charge in [-0.05, 0) is 34.4 Å². The highest BCUT2D eigenvalue weighted by Crippen LogP contribution is 2.28. The number of rotatable bonds is 17. The van der Waals surface area contributed by atoms with Gasteiger partial charge in [-0.15, -0.1) is 0 Å². The van der Waals surface area contributed by atoms with E-state index >= 15 is 0 Å². The smallest absolute Gasteiger partial charge is 0.323 e. The van der Waals surface area contributed by atoms with Gasteiger partial charge in [0.2, 0.25) is 0 Å². The molecule has 0 aromatic carbocycles. The minimum atomic E-state index is -1.15. The fourth-order valence-electron chi connectivity index (χ4n) is 1.99. The van der Waals surface area contributed by atoms with Gasteiger partial charge in [0, 0.05) is 11.5 Å². The number of thiocarbonyl (C=S) groups is 2. The summed E-state index contributed by atoms with van der Waals surface area (Å²) in [6.45, 7) is -1.82. The van der Waals surface area contributed by atoms with Crippen LogP contribution in [-0.2, 0) is 19.2 Å². The molecule has 0 radical (unpaired) electrons. The highest BCUT2D eigenvalue weighted by molar-refractivity contribution is 8.84. The third kappa shape index (κ3) is 17.6. The standard InChI is InChI=1S/C16H24N2O8S6/c19-11(20)7-17(8-12(21)22)15(27)31-29-5-3-1-2-4-6-30-32-16(28)18(9-13(23)24)10-14(25)26/h1-10H2,(H,19,20)(H,21,22)(H,23,24)(H,25,26). The minimum Gasteiger partial charge on any atom is -0.480 e. The molecule has 0 saturated carbocycles. The van der Waals surface area contributed by atoms with Crippen molar-refractivity contribution in [3.05, 3.63) is 0 Å². The Hall–Kier alpha value is -0.940. The van der Waals surface area contributed by atoms with E-state index in [1.54, 1.807) is 0 Å². The zero-order valence-corrected chi connectivity index (χ0v) is 21.7. The lowest BCUT2D eigenvalue weighted by Crippen LogP contribution is -2.36. The van der Waals surface area contributed by atoms with Gasteiger partial charge in [-0.1, -0.05) is 58.9 Å². The Balaban J connectivity index is 3.91. The molecule has 10 nitrogen and oxygen atoms in total. The van der Waals surface area contributed by atoms with Crippen LogP contribution in [0.1, 0.15) is 25.7 Å². The van der Waals surface area contributed by atoms with Crippen LogP contribution in [0.15, 0.2) is 0 Å². The molecule has 0 aromatic rings. The molecule has 0 bridgehead atoms. The quantitative estimate of drug-likeness (QED) is 0.116. The molecule has 0 rings (SSSR count). The Labute approximate surface area is 212 Å². The van der Waals surface area contributed by atoms with Crippen LogP contribution in [0.4, 0.5) is 0 Å². The number of unbranched alkanes of at least 4 members (excludes halogenated alkanes) is 3. The van der Waals surface area contributed by atoms with Crippen molar-refractivity contribution in [1.82, 2.24) is 9.80 Å². The van der Waals surface area contributed by atoms with E-state index in [0.717, 1.165) is 47.0 Å². The van der Waals surface area contributed by atoms with Crippen LogP contribution in [0.5, 0.6) is 0 Å². The van der Waals surface area contributed by atoms with Crippen molar-refractivity contribution in [3.8, 4) is 0 Å². The average molecular weight is 565 g/mol. The number of aliphatic carboxylic acids is 4. The number of hydrogen-bond donors (Lipinski definition) is 4. The Kier molecular flexibility index (Phi) is 17.9. The largest absolute Gasteiger partial charge is 0.480 e. The highest BCUT2D eigenvalue weighted by Gasteiger charge is 2.18. The van der Waals surface area contributed by atoms with Crippen molar-refractivity contribution in [3.63, 3.8) is 0 Å². The third-order valence-electron chi connectivity index (χ3n) is 3.29.